The molecule has 0 aromatic heterocycles. The summed E-state index contributed by atoms with van der Waals surface area (Å²) in [4.78, 5) is 2.64. The average Bonchev–Trinajstić information content (AvgIpc) is 2.41. The second-order valence-electron chi connectivity index (χ2n) is 5.45. The summed E-state index contributed by atoms with van der Waals surface area (Å²) >= 11 is 5.57. The van der Waals surface area contributed by atoms with Crippen LogP contribution in [0.25, 0.3) is 0 Å². The molecule has 0 unspecified atom stereocenters. The van der Waals surface area contributed by atoms with Gasteiger partial charge >= 0.3 is 0 Å². The molecule has 0 fully saturated rings. The molecule has 0 aliphatic carbocycles. The van der Waals surface area contributed by atoms with Crippen LogP contribution in [0.3, 0.4) is 0 Å². The van der Waals surface area contributed by atoms with Crippen molar-refractivity contribution < 1.29 is 22.6 Å². The van der Waals surface area contributed by atoms with E-state index in [9.17, 15) is 8.42 Å². The number of hydrogen-bond donors (Lipinski definition) is 1. The van der Waals surface area contributed by atoms with Gasteiger partial charge in [0.15, 0.2) is 9.84 Å². The Labute approximate surface area is 133 Å². The lowest BCUT2D eigenvalue weighted by molar-refractivity contribution is 0.0284. The lowest BCUT2D eigenvalue weighted by atomic mass is 10.0. The summed E-state index contributed by atoms with van der Waals surface area (Å²) in [5.41, 5.74) is -0.257. The fourth-order valence-electron chi connectivity index (χ4n) is 1.53. The minimum absolute atomic E-state index is 0.0415. The Bertz CT molecular complexity index is 348. The van der Waals surface area contributed by atoms with Crippen LogP contribution in [0, 0.1) is 0 Å². The molecule has 0 aromatic carbocycles. The minimum Gasteiger partial charge on any atom is -0.382 e. The first kappa shape index (κ1) is 21.1. The molecule has 0 aliphatic rings. The molecule has 1 N–H and O–H groups in total. The maximum absolute atomic E-state index is 11.8. The Morgan fingerprint density at radius 3 is 2.14 bits per heavy atom. The van der Waals surface area contributed by atoms with Gasteiger partial charge in [-0.05, 0) is 38.5 Å². The Hall–Kier alpha value is 0.0800. The monoisotopic (exact) mass is 345 g/mol. The minimum atomic E-state index is -3.07. The van der Waals surface area contributed by atoms with Crippen molar-refractivity contribution in [2.24, 2.45) is 0 Å². The number of sulfone groups is 1. The van der Waals surface area contributed by atoms with Gasteiger partial charge in [-0.3, -0.25) is 0 Å². The number of hydrogen-bond acceptors (Lipinski definition) is 6. The highest BCUT2D eigenvalue weighted by atomic mass is 35.5. The third-order valence-electron chi connectivity index (χ3n) is 2.86. The molecule has 0 aromatic rings. The maximum atomic E-state index is 11.8. The molecule has 128 valence electrons. The van der Waals surface area contributed by atoms with E-state index in [2.05, 4.69) is 4.84 Å². The molecule has 8 heteroatoms. The van der Waals surface area contributed by atoms with Crippen LogP contribution < -0.4 is 4.84 Å². The van der Waals surface area contributed by atoms with E-state index in [-0.39, 0.29) is 23.7 Å². The van der Waals surface area contributed by atoms with E-state index in [1.807, 2.05) is 13.8 Å². The van der Waals surface area contributed by atoms with E-state index in [0.717, 1.165) is 0 Å². The first-order valence-electron chi connectivity index (χ1n) is 7.05. The van der Waals surface area contributed by atoms with Gasteiger partial charge in [0.2, 0.25) is 0 Å². The van der Waals surface area contributed by atoms with Gasteiger partial charge in [0, 0.05) is 12.6 Å². The first-order chi connectivity index (χ1) is 9.83. The average molecular weight is 346 g/mol. The van der Waals surface area contributed by atoms with Gasteiger partial charge < -0.3 is 14.2 Å². The fraction of sp³-hybridized carbons (Fsp3) is 1.00. The quantitative estimate of drug-likeness (QED) is 0.379. The third kappa shape index (κ3) is 13.5. The van der Waals surface area contributed by atoms with Crippen molar-refractivity contribution in [3.05, 3.63) is 0 Å². The Balaban J connectivity index is 3.60. The molecular formula is C13H28ClNO5S. The Kier molecular flexibility index (Phi) is 11.7. The molecule has 0 heterocycles. The zero-order chi connectivity index (χ0) is 16.2. The molecule has 6 nitrogen and oxygen atoms in total. The van der Waals surface area contributed by atoms with Gasteiger partial charge in [0.25, 0.3) is 0 Å². The normalized spacial score (nSPS) is 12.8. The van der Waals surface area contributed by atoms with Crippen LogP contribution in [-0.2, 0) is 24.0 Å². The Morgan fingerprint density at radius 2 is 1.57 bits per heavy atom. The highest BCUT2D eigenvalue weighted by Gasteiger charge is 2.18. The van der Waals surface area contributed by atoms with E-state index in [1.165, 1.54) is 0 Å². The fourth-order valence-corrected chi connectivity index (χ4v) is 2.79. The van der Waals surface area contributed by atoms with Crippen LogP contribution in [0.4, 0.5) is 0 Å². The lowest BCUT2D eigenvalue weighted by Crippen LogP contribution is -2.33. The highest BCUT2D eigenvalue weighted by molar-refractivity contribution is 7.91. The van der Waals surface area contributed by atoms with Crippen molar-refractivity contribution in [3.8, 4) is 0 Å². The topological polar surface area (TPSA) is 73.9 Å². The summed E-state index contributed by atoms with van der Waals surface area (Å²) in [5, 5.41) is 0. The predicted octanol–water partition coefficient (Wildman–Crippen LogP) is 1.38. The van der Waals surface area contributed by atoms with Gasteiger partial charge in [0.1, 0.15) is 0 Å². The SMILES string of the molecule is COCCOCCOCCS(=O)(=O)CCCC(C)(C)NCl. The molecule has 0 radical (unpaired) electrons. The number of rotatable bonds is 14. The predicted molar refractivity (Wildman–Crippen MR) is 84.5 cm³/mol. The number of methoxy groups -OCH3 is 1. The molecule has 0 spiro atoms. The standard InChI is InChI=1S/C13H28ClNO5S/c1-13(2,15-14)5-4-11-21(16,17)12-10-20-9-8-19-7-6-18-3/h15H,4-12H2,1-3H3. The van der Waals surface area contributed by atoms with Gasteiger partial charge in [-0.25, -0.2) is 13.3 Å². The molecule has 0 saturated carbocycles. The number of ether oxygens (including phenoxy) is 3. The molecule has 0 atom stereocenters. The molecular weight excluding hydrogens is 318 g/mol. The van der Waals surface area contributed by atoms with Crippen LogP contribution in [0.1, 0.15) is 26.7 Å². The van der Waals surface area contributed by atoms with Crippen molar-refractivity contribution >= 4 is 21.6 Å². The highest BCUT2D eigenvalue weighted by Crippen LogP contribution is 2.13. The number of halogens is 1. The largest absolute Gasteiger partial charge is 0.382 e. The van der Waals surface area contributed by atoms with Gasteiger partial charge in [-0.1, -0.05) is 0 Å². The molecule has 21 heavy (non-hydrogen) atoms. The van der Waals surface area contributed by atoms with Crippen molar-refractivity contribution in [1.82, 2.24) is 4.84 Å². The molecule has 0 amide bonds. The van der Waals surface area contributed by atoms with E-state index >= 15 is 0 Å². The maximum Gasteiger partial charge on any atom is 0.152 e. The van der Waals surface area contributed by atoms with Gasteiger partial charge in [-0.2, -0.15) is 0 Å². The van der Waals surface area contributed by atoms with Crippen molar-refractivity contribution in [2.45, 2.75) is 32.2 Å². The van der Waals surface area contributed by atoms with Crippen LogP contribution in [-0.4, -0.2) is 65.6 Å². The van der Waals surface area contributed by atoms with Gasteiger partial charge in [0.05, 0.1) is 44.5 Å². The molecule has 0 aliphatic heterocycles. The van der Waals surface area contributed by atoms with Crippen molar-refractivity contribution in [3.63, 3.8) is 0 Å². The number of nitrogens with one attached hydrogen (secondary N) is 1. The summed E-state index contributed by atoms with van der Waals surface area (Å²) in [6.45, 7) is 5.96. The summed E-state index contributed by atoms with van der Waals surface area (Å²) in [7, 11) is -1.46. The summed E-state index contributed by atoms with van der Waals surface area (Å²) < 4.78 is 38.9. The summed E-state index contributed by atoms with van der Waals surface area (Å²) in [6, 6.07) is 0. The van der Waals surface area contributed by atoms with Gasteiger partial charge in [-0.15, -0.1) is 0 Å². The van der Waals surface area contributed by atoms with E-state index in [0.29, 0.717) is 39.3 Å². The molecule has 0 bridgehead atoms. The molecule has 0 saturated heterocycles. The second kappa shape index (κ2) is 11.6. The van der Waals surface area contributed by atoms with Crippen LogP contribution in [0.5, 0.6) is 0 Å². The zero-order valence-corrected chi connectivity index (χ0v) is 14.8. The van der Waals surface area contributed by atoms with Crippen LogP contribution in [0.2, 0.25) is 0 Å². The van der Waals surface area contributed by atoms with E-state index in [1.54, 1.807) is 7.11 Å². The first-order valence-corrected chi connectivity index (χ1v) is 9.25. The van der Waals surface area contributed by atoms with E-state index < -0.39 is 9.84 Å². The third-order valence-corrected chi connectivity index (χ3v) is 5.07. The van der Waals surface area contributed by atoms with Crippen LogP contribution in [0.15, 0.2) is 0 Å². The van der Waals surface area contributed by atoms with Crippen molar-refractivity contribution in [2.75, 3.05) is 51.6 Å². The van der Waals surface area contributed by atoms with Crippen LogP contribution >= 0.6 is 11.8 Å². The smallest absolute Gasteiger partial charge is 0.152 e. The van der Waals surface area contributed by atoms with E-state index in [4.69, 9.17) is 26.0 Å². The molecule has 0 rings (SSSR count). The second-order valence-corrected chi connectivity index (χ2v) is 7.94. The summed E-state index contributed by atoms with van der Waals surface area (Å²) in [5.74, 6) is 0.197. The lowest BCUT2D eigenvalue weighted by Gasteiger charge is -2.21. The summed E-state index contributed by atoms with van der Waals surface area (Å²) in [6.07, 6.45) is 1.28. The zero-order valence-electron chi connectivity index (χ0n) is 13.2. The van der Waals surface area contributed by atoms with Crippen molar-refractivity contribution in [1.29, 1.82) is 0 Å². The Morgan fingerprint density at radius 1 is 1.00 bits per heavy atom.